The number of aromatic nitrogens is 1. The number of rotatable bonds is 3. The van der Waals surface area contributed by atoms with Gasteiger partial charge >= 0.3 is 0 Å². The number of fused-ring (bicyclic) bond motifs is 2. The molecule has 3 heterocycles. The first-order chi connectivity index (χ1) is 14.5. The molecule has 0 fully saturated rings. The Morgan fingerprint density at radius 3 is 2.53 bits per heavy atom. The highest BCUT2D eigenvalue weighted by Gasteiger charge is 2.44. The van der Waals surface area contributed by atoms with E-state index < -0.39 is 6.04 Å². The number of carbonyl (C=O) groups excluding carboxylic acids is 1. The summed E-state index contributed by atoms with van der Waals surface area (Å²) in [7, 11) is 0. The van der Waals surface area contributed by atoms with Crippen LogP contribution in [0, 0.1) is 6.92 Å². The zero-order valence-electron chi connectivity index (χ0n) is 16.9. The number of amides is 1. The minimum atomic E-state index is -0.568. The number of thiazole rings is 1. The molecule has 0 saturated heterocycles. The molecule has 1 atom stereocenters. The van der Waals surface area contributed by atoms with Crippen LogP contribution in [-0.4, -0.2) is 10.9 Å². The lowest BCUT2D eigenvalue weighted by Gasteiger charge is -2.23. The summed E-state index contributed by atoms with van der Waals surface area (Å²) < 4.78 is 5.98. The van der Waals surface area contributed by atoms with Gasteiger partial charge in [0.25, 0.3) is 5.91 Å². The summed E-state index contributed by atoms with van der Waals surface area (Å²) in [4.78, 5) is 32.8. The van der Waals surface area contributed by atoms with E-state index in [0.29, 0.717) is 27.6 Å². The Labute approximate surface area is 177 Å². The molecule has 1 aliphatic rings. The smallest absolute Gasteiger partial charge is 0.297 e. The molecule has 30 heavy (non-hydrogen) atoms. The maximum atomic E-state index is 13.5. The number of aryl methyl sites for hydroxylation is 1. The molecule has 0 saturated carbocycles. The first kappa shape index (κ1) is 18.8. The molecule has 0 spiro atoms. The van der Waals surface area contributed by atoms with E-state index in [-0.39, 0.29) is 17.1 Å². The molecular weight excluding hydrogens is 396 g/mol. The Morgan fingerprint density at radius 2 is 1.87 bits per heavy atom. The molecule has 1 aliphatic heterocycles. The average Bonchev–Trinajstić information content (AvgIpc) is 3.35. The minimum Gasteiger partial charge on any atom is -0.450 e. The fraction of sp³-hybridized carbons (Fsp3) is 0.208. The largest absolute Gasteiger partial charge is 0.450 e. The van der Waals surface area contributed by atoms with Gasteiger partial charge in [-0.2, -0.15) is 0 Å². The monoisotopic (exact) mass is 416 g/mol. The second-order valence-corrected chi connectivity index (χ2v) is 8.76. The molecular formula is C24H20N2O3S. The van der Waals surface area contributed by atoms with Crippen LogP contribution < -0.4 is 10.3 Å². The van der Waals surface area contributed by atoms with Crippen molar-refractivity contribution in [2.75, 3.05) is 4.90 Å². The standard InChI is InChI=1S/C24H20N2O3S/c1-13(2)15-5-7-16(8-6-15)20-19-21(27)17-12-14(3)4-9-18(17)29-22(19)23(28)26(20)24-25-10-11-30-24/h4-13,20H,1-3H3/t20-/m0/s1. The topological polar surface area (TPSA) is 63.4 Å². The van der Waals surface area contributed by atoms with E-state index in [9.17, 15) is 9.59 Å². The number of hydrogen-bond acceptors (Lipinski definition) is 5. The molecule has 0 bridgehead atoms. The highest BCUT2D eigenvalue weighted by molar-refractivity contribution is 7.13. The van der Waals surface area contributed by atoms with E-state index in [1.807, 2.05) is 36.6 Å². The van der Waals surface area contributed by atoms with Crippen LogP contribution in [0.15, 0.2) is 63.3 Å². The Hall–Kier alpha value is -3.25. The van der Waals surface area contributed by atoms with E-state index in [1.165, 1.54) is 16.9 Å². The predicted molar refractivity (Wildman–Crippen MR) is 119 cm³/mol. The molecule has 6 heteroatoms. The third-order valence-electron chi connectivity index (χ3n) is 5.57. The molecule has 1 amide bonds. The van der Waals surface area contributed by atoms with Crippen molar-refractivity contribution in [1.29, 1.82) is 0 Å². The van der Waals surface area contributed by atoms with Gasteiger partial charge in [0.15, 0.2) is 10.6 Å². The van der Waals surface area contributed by atoms with E-state index in [4.69, 9.17) is 4.42 Å². The average molecular weight is 417 g/mol. The highest BCUT2D eigenvalue weighted by Crippen LogP contribution is 2.42. The first-order valence-electron chi connectivity index (χ1n) is 9.86. The van der Waals surface area contributed by atoms with Crippen LogP contribution in [0.3, 0.4) is 0 Å². The lowest BCUT2D eigenvalue weighted by atomic mass is 9.95. The third-order valence-corrected chi connectivity index (χ3v) is 6.34. The number of hydrogen-bond donors (Lipinski definition) is 0. The van der Waals surface area contributed by atoms with Gasteiger partial charge in [-0.25, -0.2) is 4.98 Å². The number of carbonyl (C=O) groups is 1. The Bertz CT molecular complexity index is 1320. The maximum absolute atomic E-state index is 13.5. The summed E-state index contributed by atoms with van der Waals surface area (Å²) >= 11 is 1.36. The molecule has 0 aliphatic carbocycles. The SMILES string of the molecule is Cc1ccc2oc3c(c(=O)c2c1)[C@H](c1ccc(C(C)C)cc1)N(c1nccs1)C3=O. The van der Waals surface area contributed by atoms with Gasteiger partial charge in [0.1, 0.15) is 5.58 Å². The number of benzene rings is 2. The summed E-state index contributed by atoms with van der Waals surface area (Å²) in [5, 5.41) is 2.86. The fourth-order valence-corrected chi connectivity index (χ4v) is 4.66. The second kappa shape index (κ2) is 6.92. The zero-order chi connectivity index (χ0) is 21.0. The van der Waals surface area contributed by atoms with Crippen molar-refractivity contribution < 1.29 is 9.21 Å². The van der Waals surface area contributed by atoms with E-state index in [2.05, 4.69) is 31.0 Å². The molecule has 2 aromatic carbocycles. The lowest BCUT2D eigenvalue weighted by Crippen LogP contribution is -2.29. The van der Waals surface area contributed by atoms with Crippen molar-refractivity contribution in [2.45, 2.75) is 32.7 Å². The predicted octanol–water partition coefficient (Wildman–Crippen LogP) is 5.43. The van der Waals surface area contributed by atoms with Gasteiger partial charge in [-0.1, -0.05) is 49.7 Å². The molecule has 5 rings (SSSR count). The van der Waals surface area contributed by atoms with Crippen molar-refractivity contribution in [1.82, 2.24) is 4.98 Å². The highest BCUT2D eigenvalue weighted by atomic mass is 32.1. The van der Waals surface area contributed by atoms with Crippen LogP contribution in [0.1, 0.15) is 58.6 Å². The van der Waals surface area contributed by atoms with Crippen molar-refractivity contribution >= 4 is 33.3 Å². The van der Waals surface area contributed by atoms with Crippen molar-refractivity contribution in [3.63, 3.8) is 0 Å². The third kappa shape index (κ3) is 2.79. The molecule has 0 radical (unpaired) electrons. The molecule has 5 nitrogen and oxygen atoms in total. The Morgan fingerprint density at radius 1 is 1.10 bits per heavy atom. The van der Waals surface area contributed by atoms with Crippen LogP contribution in [0.2, 0.25) is 0 Å². The van der Waals surface area contributed by atoms with Crippen LogP contribution in [0.4, 0.5) is 5.13 Å². The number of nitrogens with zero attached hydrogens (tertiary/aromatic N) is 2. The summed E-state index contributed by atoms with van der Waals surface area (Å²) in [5.74, 6) is 0.158. The van der Waals surface area contributed by atoms with Gasteiger partial charge in [0.05, 0.1) is 17.0 Å². The van der Waals surface area contributed by atoms with Crippen LogP contribution in [0.25, 0.3) is 11.0 Å². The summed E-state index contributed by atoms with van der Waals surface area (Å²) in [5.41, 5.74) is 3.67. The summed E-state index contributed by atoms with van der Waals surface area (Å²) in [6, 6.07) is 12.9. The van der Waals surface area contributed by atoms with Gasteiger partial charge in [-0.15, -0.1) is 11.3 Å². The molecule has 0 N–H and O–H groups in total. The molecule has 4 aromatic rings. The fourth-order valence-electron chi connectivity index (χ4n) is 4.00. The summed E-state index contributed by atoms with van der Waals surface area (Å²) in [6.45, 7) is 6.20. The molecule has 2 aromatic heterocycles. The van der Waals surface area contributed by atoms with Gasteiger partial charge in [-0.3, -0.25) is 14.5 Å². The second-order valence-electron chi connectivity index (χ2n) is 7.89. The van der Waals surface area contributed by atoms with Gasteiger partial charge in [-0.05, 0) is 36.1 Å². The van der Waals surface area contributed by atoms with Crippen molar-refractivity contribution in [3.05, 3.63) is 92.3 Å². The minimum absolute atomic E-state index is 0.101. The maximum Gasteiger partial charge on any atom is 0.297 e. The van der Waals surface area contributed by atoms with Crippen LogP contribution >= 0.6 is 11.3 Å². The van der Waals surface area contributed by atoms with Gasteiger partial charge in [0.2, 0.25) is 5.76 Å². The van der Waals surface area contributed by atoms with Crippen LogP contribution in [0.5, 0.6) is 0 Å². The Balaban J connectivity index is 1.78. The quantitative estimate of drug-likeness (QED) is 0.447. The first-order valence-corrected chi connectivity index (χ1v) is 10.7. The van der Waals surface area contributed by atoms with Crippen molar-refractivity contribution in [3.8, 4) is 0 Å². The van der Waals surface area contributed by atoms with Gasteiger partial charge < -0.3 is 4.42 Å². The Kier molecular flexibility index (Phi) is 4.33. The number of anilines is 1. The van der Waals surface area contributed by atoms with Crippen molar-refractivity contribution in [2.24, 2.45) is 0 Å². The molecule has 150 valence electrons. The van der Waals surface area contributed by atoms with Gasteiger partial charge in [0, 0.05) is 11.6 Å². The lowest BCUT2D eigenvalue weighted by molar-refractivity contribution is 0.0971. The van der Waals surface area contributed by atoms with E-state index in [1.54, 1.807) is 17.2 Å². The van der Waals surface area contributed by atoms with Crippen LogP contribution in [-0.2, 0) is 0 Å². The normalized spacial score (nSPS) is 15.9. The van der Waals surface area contributed by atoms with E-state index in [0.717, 1.165) is 11.1 Å². The summed E-state index contributed by atoms with van der Waals surface area (Å²) in [6.07, 6.45) is 1.66. The molecule has 0 unspecified atom stereocenters. The van der Waals surface area contributed by atoms with E-state index >= 15 is 0 Å². The zero-order valence-corrected chi connectivity index (χ0v) is 17.7.